The Labute approximate surface area is 184 Å². The molecule has 0 aliphatic carbocycles. The quantitative estimate of drug-likeness (QED) is 0.226. The van der Waals surface area contributed by atoms with Crippen molar-refractivity contribution in [2.75, 3.05) is 22.8 Å². The topological polar surface area (TPSA) is 142 Å². The average Bonchev–Trinajstić information content (AvgIpc) is 2.69. The maximum absolute atomic E-state index is 12.6. The van der Waals surface area contributed by atoms with Gasteiger partial charge in [-0.15, -0.1) is 0 Å². The molecule has 1 aromatic carbocycles. The van der Waals surface area contributed by atoms with Gasteiger partial charge in [-0.05, 0) is 37.1 Å². The molecule has 0 radical (unpaired) electrons. The number of carbonyl (C=O) groups excluding carboxylic acids is 4. The van der Waals surface area contributed by atoms with Gasteiger partial charge in [0.15, 0.2) is 0 Å². The highest BCUT2D eigenvalue weighted by Crippen LogP contribution is 2.11. The van der Waals surface area contributed by atoms with Crippen LogP contribution in [0.25, 0.3) is 0 Å². The molecule has 0 heterocycles. The number of rotatable bonds is 10. The van der Waals surface area contributed by atoms with Crippen molar-refractivity contribution in [3.63, 3.8) is 0 Å². The zero-order valence-electron chi connectivity index (χ0n) is 16.8. The number of hydrogen-bond donors (Lipinski definition) is 5. The molecular formula is C19H28IN5O4. The Bertz CT molecular complexity index is 724. The van der Waals surface area contributed by atoms with Crippen molar-refractivity contribution in [1.82, 2.24) is 16.0 Å². The van der Waals surface area contributed by atoms with Gasteiger partial charge in [-0.3, -0.25) is 19.2 Å². The van der Waals surface area contributed by atoms with Gasteiger partial charge in [-0.25, -0.2) is 0 Å². The maximum atomic E-state index is 12.6. The Morgan fingerprint density at radius 1 is 1.00 bits per heavy atom. The van der Waals surface area contributed by atoms with Crippen molar-refractivity contribution in [2.45, 2.75) is 32.9 Å². The van der Waals surface area contributed by atoms with E-state index in [0.717, 1.165) is 0 Å². The van der Waals surface area contributed by atoms with Gasteiger partial charge in [0.25, 0.3) is 5.91 Å². The third-order valence-electron chi connectivity index (χ3n) is 3.98. The van der Waals surface area contributed by atoms with Crippen LogP contribution in [0.3, 0.4) is 0 Å². The van der Waals surface area contributed by atoms with Crippen molar-refractivity contribution >= 4 is 51.9 Å². The summed E-state index contributed by atoms with van der Waals surface area (Å²) < 4.78 is 0.327. The fourth-order valence-corrected chi connectivity index (χ4v) is 2.57. The molecule has 0 fully saturated rings. The number of hydrogen-bond acceptors (Lipinski definition) is 5. The van der Waals surface area contributed by atoms with E-state index >= 15 is 0 Å². The molecule has 29 heavy (non-hydrogen) atoms. The van der Waals surface area contributed by atoms with Gasteiger partial charge in [-0.2, -0.15) is 0 Å². The van der Waals surface area contributed by atoms with Crippen LogP contribution in [0, 0.1) is 5.92 Å². The van der Waals surface area contributed by atoms with Crippen LogP contribution in [0.4, 0.5) is 5.69 Å². The highest BCUT2D eigenvalue weighted by atomic mass is 127. The molecule has 2 atom stereocenters. The summed E-state index contributed by atoms with van der Waals surface area (Å²) in [6.07, 6.45) is 0. The van der Waals surface area contributed by atoms with E-state index in [1.807, 2.05) is 22.6 Å². The van der Waals surface area contributed by atoms with Crippen LogP contribution in [0.15, 0.2) is 24.3 Å². The lowest BCUT2D eigenvalue weighted by atomic mass is 10.0. The molecule has 0 aliphatic rings. The molecule has 0 spiro atoms. The molecule has 1 aromatic rings. The maximum Gasteiger partial charge on any atom is 0.251 e. The number of nitrogens with two attached hydrogens (primary N) is 1. The number of anilines is 1. The molecule has 0 aromatic heterocycles. The summed E-state index contributed by atoms with van der Waals surface area (Å²) in [5, 5.41) is 10.6. The van der Waals surface area contributed by atoms with Crippen LogP contribution in [0.1, 0.15) is 31.1 Å². The van der Waals surface area contributed by atoms with Crippen molar-refractivity contribution in [1.29, 1.82) is 0 Å². The second-order valence-electron chi connectivity index (χ2n) is 6.76. The number of carbonyl (C=O) groups is 4. The lowest BCUT2D eigenvalue weighted by molar-refractivity contribution is -0.130. The van der Waals surface area contributed by atoms with Gasteiger partial charge in [0.05, 0.1) is 4.43 Å². The standard InChI is InChI=1S/C19H28IN5O4/c1-11(2)16(19(29)23-12(3)17(27)22-9-8-21)25-18(28)13-4-6-14(7-5-13)24-15(26)10-20/h4-7,11-12,16H,8-10,21H2,1-3H3,(H,22,27)(H,23,29)(H,24,26)(H,25,28)/t12-,16?/m0/s1. The first-order valence-electron chi connectivity index (χ1n) is 9.24. The summed E-state index contributed by atoms with van der Waals surface area (Å²) in [5.41, 5.74) is 6.28. The molecule has 9 nitrogen and oxygen atoms in total. The van der Waals surface area contributed by atoms with Crippen LogP contribution >= 0.6 is 22.6 Å². The molecule has 160 valence electrons. The van der Waals surface area contributed by atoms with E-state index in [1.54, 1.807) is 45.0 Å². The molecular weight excluding hydrogens is 489 g/mol. The summed E-state index contributed by atoms with van der Waals surface area (Å²) in [6.45, 7) is 5.78. The fourth-order valence-electron chi connectivity index (χ4n) is 2.38. The molecule has 4 amide bonds. The van der Waals surface area contributed by atoms with Crippen LogP contribution in [-0.4, -0.2) is 53.2 Å². The molecule has 10 heteroatoms. The Morgan fingerprint density at radius 3 is 2.14 bits per heavy atom. The van der Waals surface area contributed by atoms with Gasteiger partial charge < -0.3 is 27.0 Å². The minimum atomic E-state index is -0.814. The molecule has 1 rings (SSSR count). The smallest absolute Gasteiger partial charge is 0.251 e. The summed E-state index contributed by atoms with van der Waals surface area (Å²) in [7, 11) is 0. The van der Waals surface area contributed by atoms with Gasteiger partial charge in [0, 0.05) is 24.3 Å². The SMILES string of the molecule is CC(C)C(NC(=O)c1ccc(NC(=O)CI)cc1)C(=O)N[C@@H](C)C(=O)NCCN. The largest absolute Gasteiger partial charge is 0.353 e. The van der Waals surface area contributed by atoms with Crippen molar-refractivity contribution in [3.05, 3.63) is 29.8 Å². The van der Waals surface area contributed by atoms with E-state index in [9.17, 15) is 19.2 Å². The number of alkyl halides is 1. The molecule has 0 aliphatic heterocycles. The van der Waals surface area contributed by atoms with Crippen LogP contribution in [0.2, 0.25) is 0 Å². The first-order valence-corrected chi connectivity index (χ1v) is 10.8. The van der Waals surface area contributed by atoms with E-state index in [-0.39, 0.29) is 17.7 Å². The van der Waals surface area contributed by atoms with E-state index in [1.165, 1.54) is 0 Å². The highest BCUT2D eigenvalue weighted by Gasteiger charge is 2.27. The Balaban J connectivity index is 2.75. The van der Waals surface area contributed by atoms with Gasteiger partial charge in [0.2, 0.25) is 17.7 Å². The van der Waals surface area contributed by atoms with Gasteiger partial charge in [-0.1, -0.05) is 36.4 Å². The lowest BCUT2D eigenvalue weighted by Crippen LogP contribution is -2.54. The lowest BCUT2D eigenvalue weighted by Gasteiger charge is -2.24. The van der Waals surface area contributed by atoms with Crippen LogP contribution in [-0.2, 0) is 14.4 Å². The second kappa shape index (κ2) is 12.4. The van der Waals surface area contributed by atoms with Crippen LogP contribution < -0.4 is 27.0 Å². The summed E-state index contributed by atoms with van der Waals surface area (Å²) in [4.78, 5) is 48.4. The zero-order valence-corrected chi connectivity index (χ0v) is 18.9. The third kappa shape index (κ3) is 8.36. The first-order chi connectivity index (χ1) is 13.7. The predicted octanol–water partition coefficient (Wildman–Crippen LogP) is 0.394. The minimum Gasteiger partial charge on any atom is -0.353 e. The third-order valence-corrected chi connectivity index (χ3v) is 4.68. The fraction of sp³-hybridized carbons (Fsp3) is 0.474. The number of nitrogens with one attached hydrogen (secondary N) is 4. The van der Waals surface area contributed by atoms with Crippen molar-refractivity contribution < 1.29 is 19.2 Å². The van der Waals surface area contributed by atoms with Crippen molar-refractivity contribution in [3.8, 4) is 0 Å². The summed E-state index contributed by atoms with van der Waals surface area (Å²) in [5.74, 6) is -1.55. The minimum absolute atomic E-state index is 0.135. The monoisotopic (exact) mass is 517 g/mol. The Morgan fingerprint density at radius 2 is 1.62 bits per heavy atom. The van der Waals surface area contributed by atoms with Gasteiger partial charge >= 0.3 is 0 Å². The first kappa shape index (κ1) is 24.8. The normalized spacial score (nSPS) is 12.6. The molecule has 0 bridgehead atoms. The highest BCUT2D eigenvalue weighted by molar-refractivity contribution is 14.1. The van der Waals surface area contributed by atoms with E-state index in [0.29, 0.717) is 28.8 Å². The zero-order chi connectivity index (χ0) is 22.0. The molecule has 0 saturated heterocycles. The Hall–Kier alpha value is -2.21. The summed E-state index contributed by atoms with van der Waals surface area (Å²) in [6, 6.07) is 4.80. The second-order valence-corrected chi connectivity index (χ2v) is 7.53. The van der Waals surface area contributed by atoms with E-state index in [2.05, 4.69) is 21.3 Å². The van der Waals surface area contributed by atoms with E-state index < -0.39 is 23.9 Å². The average molecular weight is 517 g/mol. The molecule has 1 unspecified atom stereocenters. The number of benzene rings is 1. The number of amides is 4. The number of halogens is 1. The van der Waals surface area contributed by atoms with Gasteiger partial charge in [0.1, 0.15) is 12.1 Å². The summed E-state index contributed by atoms with van der Waals surface area (Å²) >= 11 is 1.96. The Kier molecular flexibility index (Phi) is 10.6. The molecule has 0 saturated carbocycles. The molecule has 6 N–H and O–H groups in total. The van der Waals surface area contributed by atoms with Crippen LogP contribution in [0.5, 0.6) is 0 Å². The van der Waals surface area contributed by atoms with Crippen molar-refractivity contribution in [2.24, 2.45) is 11.7 Å². The predicted molar refractivity (Wildman–Crippen MR) is 120 cm³/mol. The van der Waals surface area contributed by atoms with E-state index in [4.69, 9.17) is 5.73 Å².